The van der Waals surface area contributed by atoms with Crippen LogP contribution in [0.15, 0.2) is 11.6 Å². The largest absolute Gasteiger partial charge is 0.444 e. The lowest BCUT2D eigenvalue weighted by molar-refractivity contribution is 0.0172. The second kappa shape index (κ2) is 6.43. The molecule has 0 spiro atoms. The zero-order valence-corrected chi connectivity index (χ0v) is 13.2. The molecule has 1 aliphatic heterocycles. The molecule has 0 radical (unpaired) electrons. The van der Waals surface area contributed by atoms with Crippen molar-refractivity contribution in [3.8, 4) is 0 Å². The van der Waals surface area contributed by atoms with E-state index in [1.165, 1.54) is 0 Å². The zero-order chi connectivity index (χ0) is 14.6. The molecule has 0 unspecified atom stereocenters. The van der Waals surface area contributed by atoms with E-state index in [4.69, 9.17) is 4.74 Å². The van der Waals surface area contributed by atoms with E-state index in [-0.39, 0.29) is 6.09 Å². The number of hydrogen-bond acceptors (Lipinski definition) is 5. The molecule has 6 heteroatoms. The van der Waals surface area contributed by atoms with Crippen molar-refractivity contribution < 1.29 is 9.53 Å². The van der Waals surface area contributed by atoms with Crippen LogP contribution in [0.4, 0.5) is 9.93 Å². The van der Waals surface area contributed by atoms with E-state index in [0.29, 0.717) is 5.92 Å². The number of anilines is 1. The third-order valence-electron chi connectivity index (χ3n) is 3.14. The Balaban J connectivity index is 1.80. The highest BCUT2D eigenvalue weighted by atomic mass is 32.1. The molecule has 1 aliphatic rings. The van der Waals surface area contributed by atoms with Gasteiger partial charge >= 0.3 is 6.09 Å². The van der Waals surface area contributed by atoms with Crippen molar-refractivity contribution in [1.29, 1.82) is 0 Å². The van der Waals surface area contributed by atoms with Gasteiger partial charge in [0.25, 0.3) is 0 Å². The quantitative estimate of drug-likeness (QED) is 0.931. The maximum absolute atomic E-state index is 12.1. The summed E-state index contributed by atoms with van der Waals surface area (Å²) < 4.78 is 5.43. The van der Waals surface area contributed by atoms with Crippen molar-refractivity contribution in [2.24, 2.45) is 5.92 Å². The summed E-state index contributed by atoms with van der Waals surface area (Å²) in [6.07, 6.45) is 3.76. The van der Waals surface area contributed by atoms with Gasteiger partial charge in [-0.2, -0.15) is 0 Å². The Morgan fingerprint density at radius 3 is 3.05 bits per heavy atom. The SMILES string of the molecule is CC(C)(C)OC(=O)N1CCC[C@H](CNc2nccs2)C1. The van der Waals surface area contributed by atoms with Gasteiger partial charge in [0.05, 0.1) is 0 Å². The van der Waals surface area contributed by atoms with Crippen molar-refractivity contribution in [2.75, 3.05) is 25.0 Å². The summed E-state index contributed by atoms with van der Waals surface area (Å²) in [4.78, 5) is 18.1. The van der Waals surface area contributed by atoms with Crippen LogP contribution in [0.1, 0.15) is 33.6 Å². The number of carbonyl (C=O) groups is 1. The smallest absolute Gasteiger partial charge is 0.410 e. The first-order valence-electron chi connectivity index (χ1n) is 7.05. The van der Waals surface area contributed by atoms with Gasteiger partial charge in [0, 0.05) is 31.2 Å². The summed E-state index contributed by atoms with van der Waals surface area (Å²) in [5, 5.41) is 6.23. The zero-order valence-electron chi connectivity index (χ0n) is 12.4. The van der Waals surface area contributed by atoms with Crippen molar-refractivity contribution in [1.82, 2.24) is 9.88 Å². The molecule has 0 aromatic carbocycles. The van der Waals surface area contributed by atoms with Gasteiger partial charge in [-0.25, -0.2) is 9.78 Å². The molecule has 1 atom stereocenters. The Morgan fingerprint density at radius 1 is 1.60 bits per heavy atom. The van der Waals surface area contributed by atoms with Crippen LogP contribution in [0.25, 0.3) is 0 Å². The molecule has 1 aromatic rings. The number of aromatic nitrogens is 1. The first-order chi connectivity index (χ1) is 9.44. The van der Waals surface area contributed by atoms with Crippen LogP contribution in [-0.2, 0) is 4.74 Å². The van der Waals surface area contributed by atoms with Crippen LogP contribution in [0.3, 0.4) is 0 Å². The minimum atomic E-state index is -0.427. The van der Waals surface area contributed by atoms with Gasteiger partial charge < -0.3 is 15.0 Å². The van der Waals surface area contributed by atoms with Crippen molar-refractivity contribution >= 4 is 22.6 Å². The van der Waals surface area contributed by atoms with Crippen LogP contribution in [0.5, 0.6) is 0 Å². The monoisotopic (exact) mass is 297 g/mol. The van der Waals surface area contributed by atoms with E-state index < -0.39 is 5.60 Å². The summed E-state index contributed by atoms with van der Waals surface area (Å²) in [6, 6.07) is 0. The molecule has 112 valence electrons. The number of carbonyl (C=O) groups excluding carboxylic acids is 1. The minimum Gasteiger partial charge on any atom is -0.444 e. The molecular weight excluding hydrogens is 274 g/mol. The molecule has 0 aliphatic carbocycles. The third kappa shape index (κ3) is 4.67. The molecule has 1 amide bonds. The Hall–Kier alpha value is -1.30. The van der Waals surface area contributed by atoms with Crippen molar-refractivity contribution in [2.45, 2.75) is 39.2 Å². The number of rotatable bonds is 3. The van der Waals surface area contributed by atoms with E-state index in [1.54, 1.807) is 17.5 Å². The Morgan fingerprint density at radius 2 is 2.40 bits per heavy atom. The average molecular weight is 297 g/mol. The number of ether oxygens (including phenoxy) is 1. The fraction of sp³-hybridized carbons (Fsp3) is 0.714. The summed E-state index contributed by atoms with van der Waals surface area (Å²) in [7, 11) is 0. The number of nitrogens with zero attached hydrogens (tertiary/aromatic N) is 2. The normalized spacial score (nSPS) is 19.8. The van der Waals surface area contributed by atoms with Gasteiger partial charge in [-0.3, -0.25) is 0 Å². The number of hydrogen-bond donors (Lipinski definition) is 1. The molecule has 0 bridgehead atoms. The predicted molar refractivity (Wildman–Crippen MR) is 81.1 cm³/mol. The van der Waals surface area contributed by atoms with Crippen LogP contribution in [-0.4, -0.2) is 41.2 Å². The first kappa shape index (κ1) is 15.1. The molecule has 2 heterocycles. The first-order valence-corrected chi connectivity index (χ1v) is 7.93. The maximum atomic E-state index is 12.1. The highest BCUT2D eigenvalue weighted by Crippen LogP contribution is 2.20. The van der Waals surface area contributed by atoms with Gasteiger partial charge in [-0.15, -0.1) is 11.3 Å². The Labute approximate surface area is 124 Å². The van der Waals surface area contributed by atoms with Gasteiger partial charge in [0.1, 0.15) is 5.60 Å². The fourth-order valence-electron chi connectivity index (χ4n) is 2.27. The van der Waals surface area contributed by atoms with Gasteiger partial charge in [-0.05, 0) is 39.5 Å². The maximum Gasteiger partial charge on any atom is 0.410 e. The van der Waals surface area contributed by atoms with Crippen molar-refractivity contribution in [3.63, 3.8) is 0 Å². The average Bonchev–Trinajstić information content (AvgIpc) is 2.88. The number of likely N-dealkylation sites (tertiary alicyclic amines) is 1. The lowest BCUT2D eigenvalue weighted by atomic mass is 9.98. The van der Waals surface area contributed by atoms with Gasteiger partial charge in [0.15, 0.2) is 5.13 Å². The molecule has 20 heavy (non-hydrogen) atoms. The lowest BCUT2D eigenvalue weighted by Gasteiger charge is -2.34. The molecular formula is C14H23N3O2S. The minimum absolute atomic E-state index is 0.198. The molecule has 0 saturated carbocycles. The number of amides is 1. The van der Waals surface area contributed by atoms with Gasteiger partial charge in [0.2, 0.25) is 0 Å². The fourth-order valence-corrected chi connectivity index (χ4v) is 2.81. The van der Waals surface area contributed by atoms with Crippen LogP contribution in [0.2, 0.25) is 0 Å². The van der Waals surface area contributed by atoms with E-state index in [2.05, 4.69) is 10.3 Å². The van der Waals surface area contributed by atoms with Gasteiger partial charge in [-0.1, -0.05) is 0 Å². The number of thiazole rings is 1. The Kier molecular flexibility index (Phi) is 4.86. The highest BCUT2D eigenvalue weighted by molar-refractivity contribution is 7.13. The summed E-state index contributed by atoms with van der Waals surface area (Å²) in [5.74, 6) is 0.458. The van der Waals surface area contributed by atoms with Crippen LogP contribution >= 0.6 is 11.3 Å². The summed E-state index contributed by atoms with van der Waals surface area (Å²) in [6.45, 7) is 8.10. The number of piperidine rings is 1. The second-order valence-electron chi connectivity index (χ2n) is 6.15. The third-order valence-corrected chi connectivity index (χ3v) is 3.88. The standard InChI is InChI=1S/C14H23N3O2S/c1-14(2,3)19-13(18)17-7-4-5-11(10-17)9-16-12-15-6-8-20-12/h6,8,11H,4-5,7,9-10H2,1-3H3,(H,15,16)/t11-/m1/s1. The van der Waals surface area contributed by atoms with Crippen LogP contribution in [0, 0.1) is 5.92 Å². The summed E-state index contributed by atoms with van der Waals surface area (Å²) >= 11 is 1.60. The highest BCUT2D eigenvalue weighted by Gasteiger charge is 2.27. The van der Waals surface area contributed by atoms with Crippen molar-refractivity contribution in [3.05, 3.63) is 11.6 Å². The van der Waals surface area contributed by atoms with E-state index in [9.17, 15) is 4.79 Å². The molecule has 2 rings (SSSR count). The molecule has 1 N–H and O–H groups in total. The lowest BCUT2D eigenvalue weighted by Crippen LogP contribution is -2.44. The topological polar surface area (TPSA) is 54.5 Å². The number of nitrogens with one attached hydrogen (secondary N) is 1. The molecule has 1 fully saturated rings. The summed E-state index contributed by atoms with van der Waals surface area (Å²) in [5.41, 5.74) is -0.427. The molecule has 1 saturated heterocycles. The molecule has 1 aromatic heterocycles. The molecule has 5 nitrogen and oxygen atoms in total. The van der Waals surface area contributed by atoms with E-state index >= 15 is 0 Å². The second-order valence-corrected chi connectivity index (χ2v) is 7.05. The predicted octanol–water partition coefficient (Wildman–Crippen LogP) is 3.20. The van der Waals surface area contributed by atoms with E-state index in [1.807, 2.05) is 31.1 Å². The van der Waals surface area contributed by atoms with E-state index in [0.717, 1.165) is 37.6 Å². The Bertz CT molecular complexity index is 428. The van der Waals surface area contributed by atoms with Crippen LogP contribution < -0.4 is 5.32 Å².